The number of hydrogen-bond donors (Lipinski definition) is 1. The van der Waals surface area contributed by atoms with Gasteiger partial charge in [-0.05, 0) is 32.5 Å². The molecule has 1 aliphatic heterocycles. The number of benzene rings is 1. The molecule has 10 nitrogen and oxygen atoms in total. The number of thiocarbonyl (C=S) groups is 1. The summed E-state index contributed by atoms with van der Waals surface area (Å²) >= 11 is 11.9. The van der Waals surface area contributed by atoms with E-state index in [-0.39, 0.29) is 0 Å². The number of methoxy groups -OCH3 is 2. The predicted octanol–water partition coefficient (Wildman–Crippen LogP) is 3.92. The Bertz CT molecular complexity index is 1150. The Morgan fingerprint density at radius 1 is 1.09 bits per heavy atom. The molecule has 1 aromatic carbocycles. The third-order valence-corrected chi connectivity index (χ3v) is 6.33. The third-order valence-electron chi connectivity index (χ3n) is 5.67. The maximum atomic E-state index is 6.21. The molecule has 2 aromatic heterocycles. The lowest BCUT2D eigenvalue weighted by Gasteiger charge is -2.25. The molecule has 34 heavy (non-hydrogen) atoms. The average Bonchev–Trinajstić information content (AvgIpc) is 3.32. The van der Waals surface area contributed by atoms with E-state index in [0.717, 1.165) is 43.9 Å². The summed E-state index contributed by atoms with van der Waals surface area (Å²) < 4.78 is 21.4. The molecule has 0 unspecified atom stereocenters. The average molecular weight is 507 g/mol. The highest BCUT2D eigenvalue weighted by molar-refractivity contribution is 7.80. The number of nitrogens with zero attached hydrogens (tertiary/aromatic N) is 5. The Morgan fingerprint density at radius 3 is 2.59 bits per heavy atom. The van der Waals surface area contributed by atoms with E-state index in [2.05, 4.69) is 30.4 Å². The first-order chi connectivity index (χ1) is 16.4. The van der Waals surface area contributed by atoms with Crippen LogP contribution < -0.4 is 14.8 Å². The summed E-state index contributed by atoms with van der Waals surface area (Å²) in [5.41, 5.74) is 2.19. The van der Waals surface area contributed by atoms with E-state index in [9.17, 15) is 0 Å². The van der Waals surface area contributed by atoms with Gasteiger partial charge in [-0.15, -0.1) is 0 Å². The zero-order chi connectivity index (χ0) is 24.2. The molecule has 3 aromatic rings. The van der Waals surface area contributed by atoms with E-state index < -0.39 is 0 Å². The maximum absolute atomic E-state index is 6.21. The van der Waals surface area contributed by atoms with Crippen LogP contribution >= 0.6 is 23.8 Å². The van der Waals surface area contributed by atoms with Gasteiger partial charge in [0, 0.05) is 38.3 Å². The molecular formula is C22H27ClN6O4S. The second-order valence-corrected chi connectivity index (χ2v) is 8.74. The highest BCUT2D eigenvalue weighted by atomic mass is 35.5. The summed E-state index contributed by atoms with van der Waals surface area (Å²) in [4.78, 5) is 8.97. The van der Waals surface area contributed by atoms with Crippen molar-refractivity contribution in [2.75, 3.05) is 45.7 Å². The molecule has 0 bridgehead atoms. The summed E-state index contributed by atoms with van der Waals surface area (Å²) in [6.45, 7) is 7.55. The minimum Gasteiger partial charge on any atom is -0.495 e. The van der Waals surface area contributed by atoms with Gasteiger partial charge in [-0.1, -0.05) is 21.9 Å². The van der Waals surface area contributed by atoms with Crippen LogP contribution in [-0.4, -0.2) is 70.6 Å². The van der Waals surface area contributed by atoms with Gasteiger partial charge in [0.1, 0.15) is 22.8 Å². The normalized spacial score (nSPS) is 14.7. The standard InChI is InChI=1S/C22H27ClN6O4S/c1-13-20(14(2)32-26-13)21-25-19(27-33-21)12-28-6-5-7-29(9-8-28)22(34)24-16-11-17(30-3)15(23)10-18(16)31-4/h10-11H,5-9,12H2,1-4H3,(H,24,34). The SMILES string of the molecule is COc1cc(NC(=S)N2CCCN(Cc3noc(-c4c(C)noc4C)n3)CC2)c(OC)cc1Cl. The predicted molar refractivity (Wildman–Crippen MR) is 132 cm³/mol. The molecule has 0 amide bonds. The first-order valence-electron chi connectivity index (χ1n) is 10.8. The van der Waals surface area contributed by atoms with E-state index in [4.69, 9.17) is 42.3 Å². The molecule has 0 saturated carbocycles. The van der Waals surface area contributed by atoms with Gasteiger partial charge in [-0.3, -0.25) is 4.90 Å². The van der Waals surface area contributed by atoms with Crippen LogP contribution in [0.2, 0.25) is 5.02 Å². The second-order valence-electron chi connectivity index (χ2n) is 7.95. The first-order valence-corrected chi connectivity index (χ1v) is 11.6. The van der Waals surface area contributed by atoms with E-state index in [1.165, 1.54) is 0 Å². The summed E-state index contributed by atoms with van der Waals surface area (Å²) in [6, 6.07) is 3.49. The Balaban J connectivity index is 1.37. The zero-order valence-electron chi connectivity index (χ0n) is 19.6. The number of halogens is 1. The summed E-state index contributed by atoms with van der Waals surface area (Å²) in [7, 11) is 3.16. The third kappa shape index (κ3) is 5.26. The van der Waals surface area contributed by atoms with Gasteiger partial charge in [0.2, 0.25) is 0 Å². The molecule has 1 N–H and O–H groups in total. The van der Waals surface area contributed by atoms with Crippen molar-refractivity contribution in [1.29, 1.82) is 0 Å². The van der Waals surface area contributed by atoms with Crippen LogP contribution in [-0.2, 0) is 6.54 Å². The lowest BCUT2D eigenvalue weighted by molar-refractivity contribution is 0.266. The summed E-state index contributed by atoms with van der Waals surface area (Å²) in [5, 5.41) is 12.5. The lowest BCUT2D eigenvalue weighted by Crippen LogP contribution is -2.37. The Morgan fingerprint density at radius 2 is 1.88 bits per heavy atom. The van der Waals surface area contributed by atoms with Gasteiger partial charge < -0.3 is 28.7 Å². The van der Waals surface area contributed by atoms with Crippen LogP contribution in [0.4, 0.5) is 5.69 Å². The van der Waals surface area contributed by atoms with E-state index in [1.54, 1.807) is 26.4 Å². The highest BCUT2D eigenvalue weighted by Crippen LogP contribution is 2.36. The van der Waals surface area contributed by atoms with Crippen LogP contribution in [0.5, 0.6) is 11.5 Å². The molecule has 0 radical (unpaired) electrons. The smallest absolute Gasteiger partial charge is 0.263 e. The second kappa shape index (κ2) is 10.6. The van der Waals surface area contributed by atoms with Crippen LogP contribution in [0.1, 0.15) is 23.7 Å². The zero-order valence-corrected chi connectivity index (χ0v) is 21.1. The van der Waals surface area contributed by atoms with E-state index in [0.29, 0.717) is 51.3 Å². The van der Waals surface area contributed by atoms with Gasteiger partial charge >= 0.3 is 0 Å². The minimum atomic E-state index is 0.431. The molecule has 0 spiro atoms. The number of aromatic nitrogens is 3. The minimum absolute atomic E-state index is 0.431. The van der Waals surface area contributed by atoms with Crippen LogP contribution in [0, 0.1) is 13.8 Å². The topological polar surface area (TPSA) is 102 Å². The quantitative estimate of drug-likeness (QED) is 0.492. The van der Waals surface area contributed by atoms with E-state index >= 15 is 0 Å². The van der Waals surface area contributed by atoms with Crippen molar-refractivity contribution < 1.29 is 18.5 Å². The number of ether oxygens (including phenoxy) is 2. The fourth-order valence-corrected chi connectivity index (χ4v) is 4.42. The van der Waals surface area contributed by atoms with Crippen molar-refractivity contribution in [2.45, 2.75) is 26.8 Å². The van der Waals surface area contributed by atoms with Crippen molar-refractivity contribution in [3.63, 3.8) is 0 Å². The van der Waals surface area contributed by atoms with Gasteiger partial charge in [0.05, 0.1) is 37.2 Å². The summed E-state index contributed by atoms with van der Waals surface area (Å²) in [5.74, 6) is 2.86. The van der Waals surface area contributed by atoms with Gasteiger partial charge in [0.15, 0.2) is 10.9 Å². The Labute approximate surface area is 208 Å². The lowest BCUT2D eigenvalue weighted by atomic mass is 10.2. The fourth-order valence-electron chi connectivity index (χ4n) is 3.89. The number of aryl methyl sites for hydroxylation is 2. The molecular weight excluding hydrogens is 480 g/mol. The van der Waals surface area contributed by atoms with Gasteiger partial charge in [-0.25, -0.2) is 0 Å². The highest BCUT2D eigenvalue weighted by Gasteiger charge is 2.22. The number of nitrogens with one attached hydrogen (secondary N) is 1. The molecule has 1 saturated heterocycles. The van der Waals surface area contributed by atoms with E-state index in [1.807, 2.05) is 13.8 Å². The van der Waals surface area contributed by atoms with Crippen LogP contribution in [0.15, 0.2) is 21.2 Å². The van der Waals surface area contributed by atoms with Crippen molar-refractivity contribution in [2.24, 2.45) is 0 Å². The maximum Gasteiger partial charge on any atom is 0.263 e. The Kier molecular flexibility index (Phi) is 7.54. The largest absolute Gasteiger partial charge is 0.495 e. The molecule has 3 heterocycles. The molecule has 1 aliphatic rings. The fraction of sp³-hybridized carbons (Fsp3) is 0.455. The first kappa shape index (κ1) is 24.2. The van der Waals surface area contributed by atoms with Gasteiger partial charge in [-0.2, -0.15) is 4.98 Å². The van der Waals surface area contributed by atoms with Crippen molar-refractivity contribution in [3.05, 3.63) is 34.4 Å². The van der Waals surface area contributed by atoms with Crippen molar-refractivity contribution in [3.8, 4) is 23.0 Å². The molecule has 4 rings (SSSR count). The van der Waals surface area contributed by atoms with Crippen molar-refractivity contribution >= 4 is 34.6 Å². The summed E-state index contributed by atoms with van der Waals surface area (Å²) in [6.07, 6.45) is 0.942. The number of hydrogen-bond acceptors (Lipinski definition) is 9. The molecule has 182 valence electrons. The monoisotopic (exact) mass is 506 g/mol. The molecule has 1 fully saturated rings. The molecule has 0 aliphatic carbocycles. The van der Waals surface area contributed by atoms with Crippen molar-refractivity contribution in [1.82, 2.24) is 25.1 Å². The van der Waals surface area contributed by atoms with Gasteiger partial charge in [0.25, 0.3) is 5.89 Å². The number of rotatable bonds is 6. The molecule has 0 atom stereocenters. The Hall–Kier alpha value is -2.89. The van der Waals surface area contributed by atoms with Crippen LogP contribution in [0.3, 0.4) is 0 Å². The number of anilines is 1. The van der Waals surface area contributed by atoms with Crippen LogP contribution in [0.25, 0.3) is 11.5 Å². The molecule has 12 heteroatoms.